The van der Waals surface area contributed by atoms with Crippen molar-refractivity contribution in [3.8, 4) is 0 Å². The number of carbonyl (C=O) groups is 1. The van der Waals surface area contributed by atoms with Crippen LogP contribution in [-0.2, 0) is 18.4 Å². The maximum atomic E-state index is 12.8. The minimum Gasteiger partial charge on any atom is -0.756 e. The van der Waals surface area contributed by atoms with Gasteiger partial charge in [0.15, 0.2) is 0 Å². The van der Waals surface area contributed by atoms with Crippen LogP contribution >= 0.6 is 7.82 Å². The molecular weight excluding hydrogens is 768 g/mol. The van der Waals surface area contributed by atoms with Gasteiger partial charge in [0, 0.05) is 6.42 Å². The van der Waals surface area contributed by atoms with Gasteiger partial charge >= 0.3 is 0 Å². The molecule has 60 heavy (non-hydrogen) atoms. The van der Waals surface area contributed by atoms with Crippen LogP contribution in [0.25, 0.3) is 0 Å². The van der Waals surface area contributed by atoms with Crippen LogP contribution in [0.3, 0.4) is 0 Å². The Morgan fingerprint density at radius 3 is 1.48 bits per heavy atom. The number of amides is 1. The number of nitrogens with one attached hydrogen (secondary N) is 1. The first-order valence-electron chi connectivity index (χ1n) is 24.3. The lowest BCUT2D eigenvalue weighted by molar-refractivity contribution is -0.870. The van der Waals surface area contributed by atoms with Crippen LogP contribution in [0.4, 0.5) is 0 Å². The summed E-state index contributed by atoms with van der Waals surface area (Å²) in [6, 6.07) is -0.885. The number of quaternary nitrogens is 1. The van der Waals surface area contributed by atoms with Crippen LogP contribution in [0.5, 0.6) is 0 Å². The third kappa shape index (κ3) is 44.0. The summed E-state index contributed by atoms with van der Waals surface area (Å²) >= 11 is 0. The normalized spacial score (nSPS) is 14.8. The van der Waals surface area contributed by atoms with Crippen molar-refractivity contribution in [1.29, 1.82) is 0 Å². The van der Waals surface area contributed by atoms with Gasteiger partial charge in [-0.05, 0) is 64.2 Å². The number of hydrogen-bond acceptors (Lipinski definition) is 6. The summed E-state index contributed by atoms with van der Waals surface area (Å²) in [6.45, 7) is 4.46. The molecule has 1 amide bonds. The van der Waals surface area contributed by atoms with Crippen LogP contribution in [-0.4, -0.2) is 68.5 Å². The van der Waals surface area contributed by atoms with Gasteiger partial charge in [-0.3, -0.25) is 9.36 Å². The predicted molar refractivity (Wildman–Crippen MR) is 256 cm³/mol. The molecule has 3 unspecified atom stereocenters. The SMILES string of the molecule is CC/C=C\C/C=C\C/C=C\C/C=C\C/C=C\CCCCCCCCCCCCCCCCCC(=O)NC(COP(=O)([O-])OCC[N+](C)(C)C)C(O)/C=C/CCCCCCC. The van der Waals surface area contributed by atoms with Crippen molar-refractivity contribution in [1.82, 2.24) is 5.32 Å². The Balaban J connectivity index is 3.98. The van der Waals surface area contributed by atoms with Crippen LogP contribution in [0.2, 0.25) is 0 Å². The molecule has 0 fully saturated rings. The molecule has 0 aliphatic rings. The van der Waals surface area contributed by atoms with Crippen molar-refractivity contribution in [2.75, 3.05) is 40.9 Å². The summed E-state index contributed by atoms with van der Waals surface area (Å²) < 4.78 is 23.1. The average molecular weight is 861 g/mol. The number of phosphoric acid groups is 1. The van der Waals surface area contributed by atoms with Gasteiger partial charge < -0.3 is 28.8 Å². The van der Waals surface area contributed by atoms with Crippen molar-refractivity contribution in [2.45, 2.75) is 206 Å². The molecule has 0 aliphatic carbocycles. The van der Waals surface area contributed by atoms with Gasteiger partial charge in [0.25, 0.3) is 7.82 Å². The van der Waals surface area contributed by atoms with E-state index in [1.54, 1.807) is 6.08 Å². The average Bonchev–Trinajstić information content (AvgIpc) is 3.20. The zero-order valence-corrected chi connectivity index (χ0v) is 40.3. The van der Waals surface area contributed by atoms with E-state index in [1.165, 1.54) is 103 Å². The molecule has 0 radical (unpaired) electrons. The van der Waals surface area contributed by atoms with Crippen molar-refractivity contribution < 1.29 is 32.9 Å². The van der Waals surface area contributed by atoms with E-state index in [2.05, 4.69) is 79.9 Å². The first-order valence-corrected chi connectivity index (χ1v) is 25.8. The summed E-state index contributed by atoms with van der Waals surface area (Å²) in [7, 11) is 1.25. The van der Waals surface area contributed by atoms with Crippen molar-refractivity contribution in [3.05, 3.63) is 72.9 Å². The molecule has 0 spiro atoms. The zero-order valence-electron chi connectivity index (χ0n) is 39.4. The summed E-state index contributed by atoms with van der Waals surface area (Å²) in [5, 5.41) is 13.7. The summed E-state index contributed by atoms with van der Waals surface area (Å²) in [4.78, 5) is 25.2. The van der Waals surface area contributed by atoms with Crippen LogP contribution < -0.4 is 10.2 Å². The minimum atomic E-state index is -4.58. The molecular formula is C51H93N2O6P. The number of nitrogens with zero attached hydrogens (tertiary/aromatic N) is 1. The van der Waals surface area contributed by atoms with E-state index in [0.717, 1.165) is 70.6 Å². The zero-order chi connectivity index (χ0) is 44.3. The number of rotatable bonds is 43. The van der Waals surface area contributed by atoms with Gasteiger partial charge in [0.2, 0.25) is 5.91 Å². The molecule has 3 atom stereocenters. The van der Waals surface area contributed by atoms with Crippen molar-refractivity contribution in [3.63, 3.8) is 0 Å². The monoisotopic (exact) mass is 861 g/mol. The predicted octanol–water partition coefficient (Wildman–Crippen LogP) is 13.3. The second kappa shape index (κ2) is 42.3. The Bertz CT molecular complexity index is 1200. The Labute approximate surface area is 370 Å². The Kier molecular flexibility index (Phi) is 40.8. The van der Waals surface area contributed by atoms with Gasteiger partial charge in [-0.2, -0.15) is 0 Å². The number of unbranched alkanes of at least 4 members (excludes halogenated alkanes) is 20. The lowest BCUT2D eigenvalue weighted by Gasteiger charge is -2.29. The molecule has 0 bridgehead atoms. The van der Waals surface area contributed by atoms with Crippen molar-refractivity contribution >= 4 is 13.7 Å². The number of allylic oxidation sites excluding steroid dienone is 11. The Morgan fingerprint density at radius 2 is 1.02 bits per heavy atom. The van der Waals surface area contributed by atoms with E-state index >= 15 is 0 Å². The van der Waals surface area contributed by atoms with E-state index in [-0.39, 0.29) is 19.1 Å². The molecule has 0 aliphatic heterocycles. The molecule has 0 aromatic carbocycles. The van der Waals surface area contributed by atoms with E-state index in [1.807, 2.05) is 27.2 Å². The van der Waals surface area contributed by atoms with Gasteiger partial charge in [0.1, 0.15) is 13.2 Å². The van der Waals surface area contributed by atoms with E-state index < -0.39 is 20.0 Å². The van der Waals surface area contributed by atoms with E-state index in [9.17, 15) is 19.4 Å². The number of aliphatic hydroxyl groups is 1. The highest BCUT2D eigenvalue weighted by atomic mass is 31.2. The molecule has 0 rings (SSSR count). The third-order valence-corrected chi connectivity index (χ3v) is 11.4. The molecule has 0 saturated carbocycles. The largest absolute Gasteiger partial charge is 0.756 e. The Morgan fingerprint density at radius 1 is 0.600 bits per heavy atom. The number of hydrogen-bond donors (Lipinski definition) is 2. The molecule has 0 saturated heterocycles. The number of likely N-dealkylation sites (N-methyl/N-ethyl adjacent to an activating group) is 1. The summed E-state index contributed by atoms with van der Waals surface area (Å²) in [5.41, 5.74) is 0. The molecule has 9 heteroatoms. The van der Waals surface area contributed by atoms with Gasteiger partial charge in [-0.15, -0.1) is 0 Å². The van der Waals surface area contributed by atoms with E-state index in [4.69, 9.17) is 9.05 Å². The lowest BCUT2D eigenvalue weighted by atomic mass is 10.0. The highest BCUT2D eigenvalue weighted by Crippen LogP contribution is 2.38. The molecule has 2 N–H and O–H groups in total. The smallest absolute Gasteiger partial charge is 0.268 e. The topological polar surface area (TPSA) is 108 Å². The number of carbonyl (C=O) groups excluding carboxylic acids is 1. The van der Waals surface area contributed by atoms with Crippen LogP contribution in [0.15, 0.2) is 72.9 Å². The highest BCUT2D eigenvalue weighted by molar-refractivity contribution is 7.45. The van der Waals surface area contributed by atoms with Crippen LogP contribution in [0.1, 0.15) is 194 Å². The Hall–Kier alpha value is -2.06. The second-order valence-electron chi connectivity index (χ2n) is 17.4. The third-order valence-electron chi connectivity index (χ3n) is 10.4. The number of phosphoric ester groups is 1. The van der Waals surface area contributed by atoms with Gasteiger partial charge in [0.05, 0.1) is 39.9 Å². The highest BCUT2D eigenvalue weighted by Gasteiger charge is 2.23. The molecule has 0 aromatic rings. The fourth-order valence-electron chi connectivity index (χ4n) is 6.59. The van der Waals surface area contributed by atoms with Crippen LogP contribution in [0, 0.1) is 0 Å². The quantitative estimate of drug-likeness (QED) is 0.0274. The molecule has 0 heterocycles. The maximum absolute atomic E-state index is 12.8. The first-order chi connectivity index (χ1) is 29.0. The number of aliphatic hydroxyl groups excluding tert-OH is 1. The molecule has 0 aromatic heterocycles. The molecule has 8 nitrogen and oxygen atoms in total. The van der Waals surface area contributed by atoms with Gasteiger partial charge in [-0.1, -0.05) is 196 Å². The van der Waals surface area contributed by atoms with Gasteiger partial charge in [-0.25, -0.2) is 0 Å². The second-order valence-corrected chi connectivity index (χ2v) is 18.8. The lowest BCUT2D eigenvalue weighted by Crippen LogP contribution is -2.45. The minimum absolute atomic E-state index is 0.00351. The first kappa shape index (κ1) is 57.9. The standard InChI is InChI=1S/C51H93N2O6P/c1-6-8-10-12-14-15-16-17-18-19-20-21-22-23-24-25-26-27-28-29-30-31-32-33-34-35-36-37-39-41-43-45-51(55)52-49(50(54)44-42-40-38-13-11-9-7-2)48-59-60(56,57)58-47-46-53(3,4)5/h8,10,14-15,17-18,20-21,23-24,42,44,49-50,54H,6-7,9,11-13,16,19,22,25-41,43,45-48H2,1-5H3,(H-,52,55,56,57)/b10-8-,15-14-,18-17-,21-20-,24-23-,44-42+. The fraction of sp³-hybridized carbons (Fsp3) is 0.745. The van der Waals surface area contributed by atoms with E-state index in [0.29, 0.717) is 17.4 Å². The maximum Gasteiger partial charge on any atom is 0.268 e. The summed E-state index contributed by atoms with van der Waals surface area (Å²) in [5.74, 6) is -0.205. The summed E-state index contributed by atoms with van der Waals surface area (Å²) in [6.07, 6.45) is 57.1. The molecule has 348 valence electrons. The van der Waals surface area contributed by atoms with Crippen molar-refractivity contribution in [2.24, 2.45) is 0 Å². The fourth-order valence-corrected chi connectivity index (χ4v) is 7.31.